The Morgan fingerprint density at radius 3 is 2.42 bits per heavy atom. The molecule has 0 saturated heterocycles. The van der Waals surface area contributed by atoms with Crippen molar-refractivity contribution in [3.8, 4) is 0 Å². The van der Waals surface area contributed by atoms with E-state index in [0.29, 0.717) is 29.6 Å². The molecule has 4 aliphatic carbocycles. The third-order valence-corrected chi connectivity index (χ3v) is 12.4. The number of benzene rings is 1. The second-order valence-corrected chi connectivity index (χ2v) is 14.2. The average molecular weight is 528 g/mol. The van der Waals surface area contributed by atoms with Crippen LogP contribution in [0.5, 0.6) is 0 Å². The van der Waals surface area contributed by atoms with Crippen LogP contribution >= 0.6 is 0 Å². The second kappa shape index (κ2) is 11.1. The van der Waals surface area contributed by atoms with Crippen LogP contribution in [0.2, 0.25) is 0 Å². The van der Waals surface area contributed by atoms with Crippen molar-refractivity contribution < 1.29 is 20.4 Å². The Hall–Kier alpha value is -0.980. The highest BCUT2D eigenvalue weighted by Gasteiger charge is 2.65. The van der Waals surface area contributed by atoms with E-state index in [0.717, 1.165) is 69.9 Å². The van der Waals surface area contributed by atoms with Crippen molar-refractivity contribution in [1.82, 2.24) is 5.32 Å². The number of aliphatic hydroxyl groups excluding tert-OH is 4. The summed E-state index contributed by atoms with van der Waals surface area (Å²) < 4.78 is 0. The van der Waals surface area contributed by atoms with Gasteiger partial charge < -0.3 is 25.7 Å². The Kier molecular flexibility index (Phi) is 8.36. The normalized spacial score (nSPS) is 44.9. The van der Waals surface area contributed by atoms with Crippen molar-refractivity contribution in [1.29, 1.82) is 0 Å². The van der Waals surface area contributed by atoms with Crippen LogP contribution < -0.4 is 5.32 Å². The van der Waals surface area contributed by atoms with E-state index < -0.39 is 6.10 Å². The molecule has 1 aromatic rings. The Morgan fingerprint density at radius 2 is 1.68 bits per heavy atom. The van der Waals surface area contributed by atoms with Crippen molar-refractivity contribution in [2.45, 2.75) is 116 Å². The van der Waals surface area contributed by atoms with Crippen LogP contribution in [-0.2, 0) is 0 Å². The van der Waals surface area contributed by atoms with Gasteiger partial charge in [0.05, 0.1) is 24.4 Å². The summed E-state index contributed by atoms with van der Waals surface area (Å²) in [7, 11) is 0. The Balaban J connectivity index is 1.20. The molecule has 5 heteroatoms. The van der Waals surface area contributed by atoms with Gasteiger partial charge in [-0.05, 0) is 123 Å². The quantitative estimate of drug-likeness (QED) is 0.304. The zero-order chi connectivity index (χ0) is 27.2. The van der Waals surface area contributed by atoms with E-state index in [-0.39, 0.29) is 41.1 Å². The fourth-order valence-electron chi connectivity index (χ4n) is 10.1. The first-order valence-corrected chi connectivity index (χ1v) is 15.6. The fourth-order valence-corrected chi connectivity index (χ4v) is 10.1. The summed E-state index contributed by atoms with van der Waals surface area (Å²) in [5, 5.41) is 47.8. The molecule has 38 heavy (non-hydrogen) atoms. The maximum Gasteiger partial charge on any atom is 0.0940 e. The molecule has 0 radical (unpaired) electrons. The molecule has 5 nitrogen and oxygen atoms in total. The van der Waals surface area contributed by atoms with Gasteiger partial charge in [0.1, 0.15) is 0 Å². The van der Waals surface area contributed by atoms with E-state index in [1.165, 1.54) is 0 Å². The van der Waals surface area contributed by atoms with Crippen molar-refractivity contribution in [3.63, 3.8) is 0 Å². The van der Waals surface area contributed by atoms with Gasteiger partial charge in [-0.1, -0.05) is 51.1 Å². The van der Waals surface area contributed by atoms with Crippen LogP contribution in [0, 0.1) is 46.3 Å². The Labute approximate surface area is 230 Å². The van der Waals surface area contributed by atoms with Gasteiger partial charge in [0.25, 0.3) is 0 Å². The number of nitrogens with one attached hydrogen (secondary N) is 1. The van der Waals surface area contributed by atoms with Gasteiger partial charge in [0.2, 0.25) is 0 Å². The van der Waals surface area contributed by atoms with Crippen LogP contribution in [0.1, 0.15) is 97.1 Å². The lowest BCUT2D eigenvalue weighted by molar-refractivity contribution is -0.207. The van der Waals surface area contributed by atoms with Crippen molar-refractivity contribution in [3.05, 3.63) is 35.9 Å². The number of fused-ring (bicyclic) bond motifs is 5. The predicted octanol–water partition coefficient (Wildman–Crippen LogP) is 5.08. The molecule has 0 amide bonds. The summed E-state index contributed by atoms with van der Waals surface area (Å²) in [6, 6.07) is 9.86. The predicted molar refractivity (Wildman–Crippen MR) is 151 cm³/mol. The molecule has 5 N–H and O–H groups in total. The van der Waals surface area contributed by atoms with E-state index in [9.17, 15) is 20.4 Å². The average Bonchev–Trinajstić information content (AvgIpc) is 3.26. The zero-order valence-corrected chi connectivity index (χ0v) is 24.1. The lowest BCUT2D eigenvalue weighted by Gasteiger charge is -2.63. The monoisotopic (exact) mass is 527 g/mol. The molecular formula is C33H53NO4. The van der Waals surface area contributed by atoms with Crippen LogP contribution in [0.4, 0.5) is 0 Å². The molecule has 214 valence electrons. The smallest absolute Gasteiger partial charge is 0.0940 e. The molecule has 0 bridgehead atoms. The molecule has 13 unspecified atom stereocenters. The molecule has 0 aliphatic heterocycles. The summed E-state index contributed by atoms with van der Waals surface area (Å²) in [5.74, 6) is 2.36. The maximum atomic E-state index is 11.8. The molecule has 4 saturated carbocycles. The number of hydrogen-bond donors (Lipinski definition) is 5. The van der Waals surface area contributed by atoms with Crippen molar-refractivity contribution in [2.75, 3.05) is 6.54 Å². The van der Waals surface area contributed by atoms with E-state index >= 15 is 0 Å². The third-order valence-electron chi connectivity index (χ3n) is 12.4. The molecule has 0 aromatic heterocycles. The minimum Gasteiger partial charge on any atom is -0.393 e. The summed E-state index contributed by atoms with van der Waals surface area (Å²) in [6.45, 7) is 10.0. The van der Waals surface area contributed by atoms with Crippen LogP contribution in [0.25, 0.3) is 0 Å². The van der Waals surface area contributed by atoms with Gasteiger partial charge in [-0.15, -0.1) is 0 Å². The highest BCUT2D eigenvalue weighted by Crippen LogP contribution is 2.68. The Morgan fingerprint density at radius 1 is 0.947 bits per heavy atom. The summed E-state index contributed by atoms with van der Waals surface area (Å²) in [5.41, 5.74) is 0.940. The highest BCUT2D eigenvalue weighted by atomic mass is 16.3. The summed E-state index contributed by atoms with van der Waals surface area (Å²) >= 11 is 0. The number of aliphatic hydroxyl groups is 4. The first-order chi connectivity index (χ1) is 18.1. The first-order valence-electron chi connectivity index (χ1n) is 15.6. The number of rotatable bonds is 8. The first kappa shape index (κ1) is 28.5. The van der Waals surface area contributed by atoms with Gasteiger partial charge in [-0.3, -0.25) is 0 Å². The van der Waals surface area contributed by atoms with Crippen LogP contribution in [0.3, 0.4) is 0 Å². The molecule has 5 rings (SSSR count). The maximum absolute atomic E-state index is 11.8. The third kappa shape index (κ3) is 4.89. The molecule has 4 aliphatic rings. The van der Waals surface area contributed by atoms with Gasteiger partial charge >= 0.3 is 0 Å². The van der Waals surface area contributed by atoms with Gasteiger partial charge in [-0.25, -0.2) is 0 Å². The van der Waals surface area contributed by atoms with E-state index in [1.807, 2.05) is 37.3 Å². The van der Waals surface area contributed by atoms with E-state index in [2.05, 4.69) is 26.1 Å². The zero-order valence-electron chi connectivity index (χ0n) is 24.1. The molecular weight excluding hydrogens is 474 g/mol. The molecule has 0 heterocycles. The molecule has 1 aromatic carbocycles. The van der Waals surface area contributed by atoms with Gasteiger partial charge in [0.15, 0.2) is 0 Å². The van der Waals surface area contributed by atoms with Crippen molar-refractivity contribution >= 4 is 0 Å². The Bertz CT molecular complexity index is 927. The van der Waals surface area contributed by atoms with Crippen molar-refractivity contribution in [2.24, 2.45) is 46.3 Å². The largest absolute Gasteiger partial charge is 0.393 e. The van der Waals surface area contributed by atoms with E-state index in [1.54, 1.807) is 0 Å². The van der Waals surface area contributed by atoms with Crippen LogP contribution in [-0.4, -0.2) is 51.3 Å². The fraction of sp³-hybridized carbons (Fsp3) is 0.818. The van der Waals surface area contributed by atoms with E-state index in [4.69, 9.17) is 0 Å². The summed E-state index contributed by atoms with van der Waals surface area (Å²) in [6.07, 6.45) is 7.35. The minimum absolute atomic E-state index is 0.00272. The lowest BCUT2D eigenvalue weighted by atomic mass is 9.43. The molecule has 13 atom stereocenters. The molecule has 4 fully saturated rings. The SMILES string of the molecule is CC(CCCNC(C)C(O)c1ccccc1)C1CCC2C3C(O)CC4CC(O)CCC4(C)C3CC(O)C12C. The minimum atomic E-state index is -0.510. The van der Waals surface area contributed by atoms with Gasteiger partial charge in [0, 0.05) is 6.04 Å². The second-order valence-electron chi connectivity index (χ2n) is 14.2. The molecule has 0 spiro atoms. The number of hydrogen-bond acceptors (Lipinski definition) is 5. The standard InChI is InChI=1S/C33H53NO4/c1-20(9-8-16-34-21(2)31(38)22-10-6-5-7-11-22)25-12-13-26-30-27(19-29(37)33(25,26)4)32(3)15-14-24(35)17-23(32)18-28(30)36/h5-7,10-11,20-21,23-31,34-38H,8-9,12-19H2,1-4H3. The van der Waals surface area contributed by atoms with Crippen LogP contribution in [0.15, 0.2) is 30.3 Å². The summed E-state index contributed by atoms with van der Waals surface area (Å²) in [4.78, 5) is 0. The van der Waals surface area contributed by atoms with Gasteiger partial charge in [-0.2, -0.15) is 0 Å². The lowest BCUT2D eigenvalue weighted by Crippen LogP contribution is -2.62. The topological polar surface area (TPSA) is 93.0 Å². The highest BCUT2D eigenvalue weighted by molar-refractivity contribution is 5.18.